The van der Waals surface area contributed by atoms with Gasteiger partial charge in [0, 0.05) is 16.9 Å². The van der Waals surface area contributed by atoms with Crippen molar-refractivity contribution in [3.8, 4) is 0 Å². The smallest absolute Gasteiger partial charge is 0.203 e. The van der Waals surface area contributed by atoms with Crippen molar-refractivity contribution in [1.29, 1.82) is 0 Å². The van der Waals surface area contributed by atoms with Crippen LogP contribution in [0.15, 0.2) is 11.5 Å². The first-order valence-electron chi connectivity index (χ1n) is 4.03. The summed E-state index contributed by atoms with van der Waals surface area (Å²) in [6.07, 6.45) is 1.63. The van der Waals surface area contributed by atoms with Crippen molar-refractivity contribution in [3.05, 3.63) is 17.3 Å². The van der Waals surface area contributed by atoms with Gasteiger partial charge in [-0.1, -0.05) is 0 Å². The molecule has 0 aromatic carbocycles. The van der Waals surface area contributed by atoms with E-state index in [4.69, 9.17) is 0 Å². The fourth-order valence-corrected chi connectivity index (χ4v) is 3.05. The third-order valence-corrected chi connectivity index (χ3v) is 3.90. The highest BCUT2D eigenvalue weighted by molar-refractivity contribution is 7.94. The molecule has 5 nitrogen and oxygen atoms in total. The number of nitrogens with one attached hydrogen (secondary N) is 1. The predicted octanol–water partition coefficient (Wildman–Crippen LogP) is 0.569. The van der Waals surface area contributed by atoms with E-state index in [1.165, 1.54) is 16.9 Å². The minimum Gasteiger partial charge on any atom is -0.353 e. The lowest BCUT2D eigenvalue weighted by Crippen LogP contribution is -2.20. The fraction of sp³-hybridized carbons (Fsp3) is 0.429. The van der Waals surface area contributed by atoms with Gasteiger partial charge >= 0.3 is 0 Å². The highest BCUT2D eigenvalue weighted by Crippen LogP contribution is 2.16. The summed E-state index contributed by atoms with van der Waals surface area (Å²) in [5.74, 6) is 0.799. The second kappa shape index (κ2) is 3.32. The molecule has 1 N–H and O–H groups in total. The molecule has 1 aromatic rings. The van der Waals surface area contributed by atoms with E-state index < -0.39 is 9.84 Å². The average molecular weight is 231 g/mol. The van der Waals surface area contributed by atoms with Crippen molar-refractivity contribution in [3.63, 3.8) is 0 Å². The third kappa shape index (κ3) is 2.10. The molecular formula is C7H9N3O2S2. The van der Waals surface area contributed by atoms with Gasteiger partial charge in [0.15, 0.2) is 9.84 Å². The first-order valence-corrected chi connectivity index (χ1v) is 6.52. The number of anilines is 1. The Morgan fingerprint density at radius 2 is 2.43 bits per heavy atom. The van der Waals surface area contributed by atoms with Gasteiger partial charge in [0.05, 0.1) is 11.8 Å². The number of rotatable bonds is 2. The first-order chi connectivity index (χ1) is 6.55. The molecule has 0 saturated heterocycles. The summed E-state index contributed by atoms with van der Waals surface area (Å²) in [6.45, 7) is 1.79. The Morgan fingerprint density at radius 1 is 1.64 bits per heavy atom. The van der Waals surface area contributed by atoms with E-state index in [0.29, 0.717) is 11.0 Å². The zero-order valence-corrected chi connectivity index (χ0v) is 9.10. The number of aromatic nitrogens is 2. The van der Waals surface area contributed by atoms with Crippen molar-refractivity contribution in [1.82, 2.24) is 9.36 Å². The lowest BCUT2D eigenvalue weighted by Gasteiger charge is -2.06. The highest BCUT2D eigenvalue weighted by Gasteiger charge is 2.22. The van der Waals surface area contributed by atoms with E-state index in [9.17, 15) is 8.42 Å². The van der Waals surface area contributed by atoms with E-state index in [-0.39, 0.29) is 11.8 Å². The summed E-state index contributed by atoms with van der Waals surface area (Å²) in [5.41, 5.74) is 0. The summed E-state index contributed by atoms with van der Waals surface area (Å²) in [5, 5.41) is 4.89. The Bertz CT molecular complexity index is 463. The van der Waals surface area contributed by atoms with Crippen molar-refractivity contribution in [2.75, 3.05) is 11.1 Å². The van der Waals surface area contributed by atoms with Crippen LogP contribution in [0.2, 0.25) is 0 Å². The largest absolute Gasteiger partial charge is 0.353 e. The maximum atomic E-state index is 11.1. The van der Waals surface area contributed by atoms with Gasteiger partial charge in [-0.15, -0.1) is 0 Å². The number of hydrogen-bond acceptors (Lipinski definition) is 6. The average Bonchev–Trinajstić information content (AvgIpc) is 2.59. The molecule has 14 heavy (non-hydrogen) atoms. The van der Waals surface area contributed by atoms with Gasteiger partial charge < -0.3 is 5.32 Å². The topological polar surface area (TPSA) is 72.0 Å². The maximum absolute atomic E-state index is 11.1. The van der Waals surface area contributed by atoms with E-state index in [1.54, 1.807) is 13.0 Å². The monoisotopic (exact) mass is 231 g/mol. The van der Waals surface area contributed by atoms with Gasteiger partial charge in [0.1, 0.15) is 5.82 Å². The second-order valence-corrected chi connectivity index (χ2v) is 5.74. The molecule has 1 atom stereocenters. The zero-order valence-electron chi connectivity index (χ0n) is 7.47. The van der Waals surface area contributed by atoms with Crippen LogP contribution in [0, 0.1) is 6.92 Å². The van der Waals surface area contributed by atoms with Crippen LogP contribution in [0.5, 0.6) is 0 Å². The van der Waals surface area contributed by atoms with Crippen LogP contribution in [-0.4, -0.2) is 29.6 Å². The van der Waals surface area contributed by atoms with Gasteiger partial charge in [0.25, 0.3) is 0 Å². The lowest BCUT2D eigenvalue weighted by molar-refractivity contribution is 0.605. The standard InChI is InChI=1S/C7H9N3O2S2/c1-5-8-7(13-10-5)9-6-2-3-14(11,12)4-6/h2-3,6H,4H2,1H3,(H,8,9,10). The van der Waals surface area contributed by atoms with Crippen molar-refractivity contribution >= 4 is 26.5 Å². The van der Waals surface area contributed by atoms with Crippen LogP contribution in [0.4, 0.5) is 5.13 Å². The number of aryl methyl sites for hydroxylation is 1. The summed E-state index contributed by atoms with van der Waals surface area (Å²) in [6, 6.07) is -0.174. The molecule has 0 bridgehead atoms. The summed E-state index contributed by atoms with van der Waals surface area (Å²) in [7, 11) is -3.00. The summed E-state index contributed by atoms with van der Waals surface area (Å²) >= 11 is 1.24. The molecule has 7 heteroatoms. The van der Waals surface area contributed by atoms with Crippen LogP contribution >= 0.6 is 11.5 Å². The molecule has 0 aliphatic carbocycles. The SMILES string of the molecule is Cc1nsc(NC2C=CS(=O)(=O)C2)n1. The van der Waals surface area contributed by atoms with E-state index in [1.807, 2.05) is 0 Å². The predicted molar refractivity (Wildman–Crippen MR) is 55.0 cm³/mol. The molecule has 1 aliphatic rings. The molecule has 1 aliphatic heterocycles. The van der Waals surface area contributed by atoms with Gasteiger partial charge in [-0.05, 0) is 13.0 Å². The van der Waals surface area contributed by atoms with Crippen LogP contribution in [0.25, 0.3) is 0 Å². The normalized spacial score (nSPS) is 23.9. The molecule has 0 spiro atoms. The zero-order chi connectivity index (χ0) is 10.2. The Kier molecular flexibility index (Phi) is 2.28. The minimum absolute atomic E-state index is 0.103. The van der Waals surface area contributed by atoms with Crippen LogP contribution in [0.1, 0.15) is 5.82 Å². The molecule has 2 rings (SSSR count). The summed E-state index contributed by atoms with van der Waals surface area (Å²) < 4.78 is 26.1. The molecule has 1 aromatic heterocycles. The Balaban J connectivity index is 2.05. The Labute approximate surface area is 86.0 Å². The molecular weight excluding hydrogens is 222 g/mol. The Hall–Kier alpha value is -0.950. The Morgan fingerprint density at radius 3 is 2.93 bits per heavy atom. The second-order valence-electron chi connectivity index (χ2n) is 3.06. The third-order valence-electron chi connectivity index (χ3n) is 1.77. The maximum Gasteiger partial charge on any atom is 0.203 e. The van der Waals surface area contributed by atoms with Crippen LogP contribution < -0.4 is 5.32 Å². The molecule has 0 saturated carbocycles. The first kappa shape index (κ1) is 9.60. The van der Waals surface area contributed by atoms with Gasteiger partial charge in [-0.2, -0.15) is 4.37 Å². The quantitative estimate of drug-likeness (QED) is 0.805. The molecule has 0 fully saturated rings. The van der Waals surface area contributed by atoms with Crippen LogP contribution in [-0.2, 0) is 9.84 Å². The number of nitrogens with zero attached hydrogens (tertiary/aromatic N) is 2. The highest BCUT2D eigenvalue weighted by atomic mass is 32.2. The van der Waals surface area contributed by atoms with Gasteiger partial charge in [-0.3, -0.25) is 0 Å². The molecule has 1 unspecified atom stereocenters. The van der Waals surface area contributed by atoms with Crippen molar-refractivity contribution in [2.45, 2.75) is 13.0 Å². The molecule has 0 radical (unpaired) electrons. The van der Waals surface area contributed by atoms with E-state index in [2.05, 4.69) is 14.7 Å². The lowest BCUT2D eigenvalue weighted by atomic mass is 10.3. The summed E-state index contributed by atoms with van der Waals surface area (Å²) in [4.78, 5) is 4.09. The van der Waals surface area contributed by atoms with Crippen molar-refractivity contribution in [2.24, 2.45) is 0 Å². The van der Waals surface area contributed by atoms with Gasteiger partial charge in [-0.25, -0.2) is 13.4 Å². The van der Waals surface area contributed by atoms with E-state index >= 15 is 0 Å². The molecule has 76 valence electrons. The molecule has 2 heterocycles. The van der Waals surface area contributed by atoms with E-state index in [0.717, 1.165) is 0 Å². The molecule has 0 amide bonds. The van der Waals surface area contributed by atoms with Crippen molar-refractivity contribution < 1.29 is 8.42 Å². The minimum atomic E-state index is -3.00. The number of hydrogen-bond donors (Lipinski definition) is 1. The fourth-order valence-electron chi connectivity index (χ4n) is 1.18. The number of sulfone groups is 1. The van der Waals surface area contributed by atoms with Crippen LogP contribution in [0.3, 0.4) is 0 Å². The van der Waals surface area contributed by atoms with Gasteiger partial charge in [0.2, 0.25) is 5.13 Å².